The van der Waals surface area contributed by atoms with Gasteiger partial charge in [0.2, 0.25) is 0 Å². The lowest BCUT2D eigenvalue weighted by molar-refractivity contribution is 0.377. The van der Waals surface area contributed by atoms with Crippen LogP contribution < -0.4 is 0 Å². The van der Waals surface area contributed by atoms with Crippen molar-refractivity contribution in [3.8, 4) is 0 Å². The van der Waals surface area contributed by atoms with Gasteiger partial charge in [-0.15, -0.1) is 0 Å². The molecule has 0 amide bonds. The Morgan fingerprint density at radius 2 is 2.60 bits per heavy atom. The summed E-state index contributed by atoms with van der Waals surface area (Å²) in [5.74, 6) is 0.583. The Kier molecular flexibility index (Phi) is 0.887. The number of hydrogen-bond acceptors (Lipinski definition) is 3. The lowest BCUT2D eigenvalue weighted by Crippen LogP contribution is -1.67. The third-order valence-electron chi connectivity index (χ3n) is 1.24. The molecule has 2 aromatic heterocycles. The van der Waals surface area contributed by atoms with Gasteiger partial charge in [0.15, 0.2) is 11.5 Å². The van der Waals surface area contributed by atoms with Gasteiger partial charge >= 0.3 is 0 Å². The number of fused-ring (bicyclic) bond motifs is 1. The van der Waals surface area contributed by atoms with Gasteiger partial charge in [0.05, 0.1) is 6.20 Å². The van der Waals surface area contributed by atoms with Crippen molar-refractivity contribution in [3.63, 3.8) is 0 Å². The van der Waals surface area contributed by atoms with E-state index in [1.54, 1.807) is 18.5 Å². The van der Waals surface area contributed by atoms with Crippen molar-refractivity contribution < 1.29 is 4.52 Å². The van der Waals surface area contributed by atoms with E-state index < -0.39 is 0 Å². The molecule has 0 saturated carbocycles. The lowest BCUT2D eigenvalue weighted by Gasteiger charge is -1.74. The lowest BCUT2D eigenvalue weighted by atomic mass is 10.7. The van der Waals surface area contributed by atoms with E-state index in [1.807, 2.05) is 0 Å². The van der Waals surface area contributed by atoms with Gasteiger partial charge in [0.25, 0.3) is 0 Å². The van der Waals surface area contributed by atoms with Crippen LogP contribution in [0.15, 0.2) is 28.0 Å². The first-order valence-electron chi connectivity index (χ1n) is 2.80. The van der Waals surface area contributed by atoms with E-state index in [1.165, 1.54) is 4.57 Å². The maximum Gasteiger partial charge on any atom is 0.174 e. The second kappa shape index (κ2) is 1.70. The predicted molar refractivity (Wildman–Crippen MR) is 36.7 cm³/mol. The molecular formula is C6H5N3O. The topological polar surface area (TPSA) is 42.8 Å². The highest BCUT2D eigenvalue weighted by atomic mass is 16.5. The second-order valence-corrected chi connectivity index (χ2v) is 1.85. The first-order valence-corrected chi connectivity index (χ1v) is 2.80. The Morgan fingerprint density at radius 3 is 3.30 bits per heavy atom. The summed E-state index contributed by atoms with van der Waals surface area (Å²) in [5, 5.41) is 0. The van der Waals surface area contributed by atoms with E-state index in [2.05, 4.69) is 16.7 Å². The quantitative estimate of drug-likeness (QED) is 0.552. The highest BCUT2D eigenvalue weighted by Crippen LogP contribution is 2.11. The Bertz CT molecular complexity index is 331. The molecule has 4 heteroatoms. The van der Waals surface area contributed by atoms with Crippen molar-refractivity contribution in [1.82, 2.24) is 9.56 Å². The summed E-state index contributed by atoms with van der Waals surface area (Å²) in [5.41, 5.74) is 0.752. The van der Waals surface area contributed by atoms with Gasteiger partial charge in [0.1, 0.15) is 6.26 Å². The zero-order chi connectivity index (χ0) is 6.97. The third kappa shape index (κ3) is 0.556. The van der Waals surface area contributed by atoms with Crippen LogP contribution >= 0.6 is 0 Å². The average molecular weight is 135 g/mol. The van der Waals surface area contributed by atoms with Crippen molar-refractivity contribution in [2.75, 3.05) is 0 Å². The molecule has 2 aromatic rings. The summed E-state index contributed by atoms with van der Waals surface area (Å²) in [6.45, 7) is 3.34. The van der Waals surface area contributed by atoms with Crippen molar-refractivity contribution >= 4 is 18.2 Å². The number of rotatable bonds is 1. The summed E-state index contributed by atoms with van der Waals surface area (Å²) in [6, 6.07) is 1.76. The molecule has 10 heavy (non-hydrogen) atoms. The van der Waals surface area contributed by atoms with Gasteiger partial charge in [-0.3, -0.25) is 0 Å². The van der Waals surface area contributed by atoms with Gasteiger partial charge in [-0.2, -0.15) is 4.57 Å². The van der Waals surface area contributed by atoms with Gasteiger partial charge < -0.3 is 4.52 Å². The van der Waals surface area contributed by atoms with Crippen LogP contribution in [0.2, 0.25) is 0 Å². The smallest absolute Gasteiger partial charge is 0.174 e. The average Bonchev–Trinajstić information content (AvgIpc) is 2.42. The van der Waals surface area contributed by atoms with Crippen LogP contribution in [-0.2, 0) is 0 Å². The molecule has 0 N–H and O–H groups in total. The van der Waals surface area contributed by atoms with Gasteiger partial charge in [-0.1, -0.05) is 0 Å². The Morgan fingerprint density at radius 1 is 1.70 bits per heavy atom. The Labute approximate surface area is 56.8 Å². The molecule has 0 saturated heterocycles. The largest absolute Gasteiger partial charge is 0.381 e. The molecule has 0 aliphatic carbocycles. The summed E-state index contributed by atoms with van der Waals surface area (Å²) in [7, 11) is 0. The van der Waals surface area contributed by atoms with Crippen LogP contribution in [-0.4, -0.2) is 16.3 Å². The van der Waals surface area contributed by atoms with E-state index in [9.17, 15) is 0 Å². The number of imidazole rings is 1. The fourth-order valence-electron chi connectivity index (χ4n) is 0.795. The van der Waals surface area contributed by atoms with Crippen LogP contribution in [0.1, 0.15) is 0 Å². The summed E-state index contributed by atoms with van der Waals surface area (Å²) < 4.78 is 6.50. The summed E-state index contributed by atoms with van der Waals surface area (Å²) in [4.78, 5) is 7.67. The Hall–Kier alpha value is -1.58. The van der Waals surface area contributed by atoms with Crippen LogP contribution in [0.25, 0.3) is 5.65 Å². The molecule has 0 spiro atoms. The maximum absolute atomic E-state index is 4.97. The number of hydrogen-bond donors (Lipinski definition) is 0. The molecule has 0 unspecified atom stereocenters. The maximum atomic E-state index is 4.97. The van der Waals surface area contributed by atoms with Crippen LogP contribution in [0.3, 0.4) is 0 Å². The molecule has 0 aliphatic heterocycles. The van der Waals surface area contributed by atoms with Gasteiger partial charge in [-0.25, -0.2) is 9.98 Å². The van der Waals surface area contributed by atoms with E-state index >= 15 is 0 Å². The van der Waals surface area contributed by atoms with Crippen molar-refractivity contribution in [1.29, 1.82) is 0 Å². The Balaban J connectivity index is 2.78. The number of nitrogens with zero attached hydrogens (tertiary/aromatic N) is 3. The molecule has 0 bridgehead atoms. The minimum Gasteiger partial charge on any atom is -0.381 e. The van der Waals surface area contributed by atoms with Gasteiger partial charge in [0, 0.05) is 6.07 Å². The standard InChI is InChI=1S/C6H5N3O/c1-7-5-4-9-6(8-5)2-3-10-9/h2-4H,1H2. The van der Waals surface area contributed by atoms with Crippen molar-refractivity contribution in [2.45, 2.75) is 0 Å². The molecule has 0 aromatic carbocycles. The molecule has 4 nitrogen and oxygen atoms in total. The molecule has 0 fully saturated rings. The monoisotopic (exact) mass is 135 g/mol. The van der Waals surface area contributed by atoms with E-state index in [-0.39, 0.29) is 0 Å². The van der Waals surface area contributed by atoms with E-state index in [0.29, 0.717) is 5.82 Å². The SMILES string of the molecule is C=Nc1cn2occc2n1. The van der Waals surface area contributed by atoms with Crippen molar-refractivity contribution in [3.05, 3.63) is 18.5 Å². The van der Waals surface area contributed by atoms with E-state index in [0.717, 1.165) is 5.65 Å². The summed E-state index contributed by atoms with van der Waals surface area (Å²) in [6.07, 6.45) is 3.23. The molecule has 50 valence electrons. The zero-order valence-electron chi connectivity index (χ0n) is 5.19. The van der Waals surface area contributed by atoms with Crippen LogP contribution in [0.4, 0.5) is 5.82 Å². The minimum absolute atomic E-state index is 0.583. The second-order valence-electron chi connectivity index (χ2n) is 1.85. The molecule has 0 radical (unpaired) electrons. The van der Waals surface area contributed by atoms with Crippen LogP contribution in [0.5, 0.6) is 0 Å². The summed E-state index contributed by atoms with van der Waals surface area (Å²) >= 11 is 0. The van der Waals surface area contributed by atoms with Crippen molar-refractivity contribution in [2.24, 2.45) is 4.99 Å². The first-order chi connectivity index (χ1) is 4.90. The fraction of sp³-hybridized carbons (Fsp3) is 0. The van der Waals surface area contributed by atoms with E-state index in [4.69, 9.17) is 4.52 Å². The normalized spacial score (nSPS) is 10.4. The first kappa shape index (κ1) is 5.22. The zero-order valence-corrected chi connectivity index (χ0v) is 5.19. The predicted octanol–water partition coefficient (Wildman–Crippen LogP) is 1.26. The highest BCUT2D eigenvalue weighted by Gasteiger charge is 1.98. The third-order valence-corrected chi connectivity index (χ3v) is 1.24. The van der Waals surface area contributed by atoms with Crippen LogP contribution in [0, 0.1) is 0 Å². The number of aromatic nitrogens is 2. The highest BCUT2D eigenvalue weighted by molar-refractivity contribution is 5.47. The van der Waals surface area contributed by atoms with Gasteiger partial charge in [-0.05, 0) is 6.72 Å². The molecule has 0 aliphatic rings. The molecule has 2 rings (SSSR count). The minimum atomic E-state index is 0.583. The number of aliphatic imine (C=N–C) groups is 1. The molecule has 2 heterocycles. The fourth-order valence-corrected chi connectivity index (χ4v) is 0.795. The molecule has 0 atom stereocenters. The molecular weight excluding hydrogens is 130 g/mol.